The standard InChI is InChI=1S/C42H76NO12P/c1-3-5-7-9-11-13-15-17-19-21-23-25-27-31-41(47)55-36(34-53-56(50,51)54-35-37(43)42(48)49)33-52-40(46)32-28-30-39(45)38(44)29-26-24-22-20-18-16-14-12-10-8-6-4-2/h12,14,18,20,24,26,36-39,44-45H,3-11,13,15-17,19,21-23,25,27-35,43H2,1-2H3,(H,48,49)(H,50,51)/b14-12-,20-18-,26-24-/t36-,37+,38?,39?/m1/s1. The lowest BCUT2D eigenvalue weighted by Crippen LogP contribution is -2.34. The summed E-state index contributed by atoms with van der Waals surface area (Å²) in [5, 5.41) is 29.5. The third kappa shape index (κ3) is 34.8. The number of carboxylic acids is 1. The van der Waals surface area contributed by atoms with Crippen LogP contribution in [0.25, 0.3) is 0 Å². The monoisotopic (exact) mass is 818 g/mol. The average molecular weight is 818 g/mol. The molecule has 0 aliphatic rings. The highest BCUT2D eigenvalue weighted by molar-refractivity contribution is 7.47. The third-order valence-corrected chi connectivity index (χ3v) is 10.0. The molecule has 14 heteroatoms. The molecule has 0 amide bonds. The van der Waals surface area contributed by atoms with Crippen LogP contribution in [-0.4, -0.2) is 82.3 Å². The number of esters is 2. The van der Waals surface area contributed by atoms with E-state index in [4.69, 9.17) is 24.8 Å². The fourth-order valence-electron chi connectivity index (χ4n) is 5.58. The summed E-state index contributed by atoms with van der Waals surface area (Å²) in [7, 11) is -4.78. The van der Waals surface area contributed by atoms with E-state index in [0.29, 0.717) is 6.42 Å². The minimum Gasteiger partial charge on any atom is -0.480 e. The van der Waals surface area contributed by atoms with Gasteiger partial charge in [0.05, 0.1) is 25.4 Å². The van der Waals surface area contributed by atoms with Gasteiger partial charge in [0.1, 0.15) is 12.6 Å². The molecule has 3 unspecified atom stereocenters. The van der Waals surface area contributed by atoms with Gasteiger partial charge in [0.15, 0.2) is 6.10 Å². The number of carbonyl (C=O) groups excluding carboxylic acids is 2. The fourth-order valence-corrected chi connectivity index (χ4v) is 6.36. The number of carboxylic acid groups (broad SMARTS) is 1. The molecule has 5 atom stereocenters. The van der Waals surface area contributed by atoms with Gasteiger partial charge in [0.25, 0.3) is 0 Å². The molecule has 56 heavy (non-hydrogen) atoms. The lowest BCUT2D eigenvalue weighted by atomic mass is 10.0. The lowest BCUT2D eigenvalue weighted by Gasteiger charge is -2.20. The van der Waals surface area contributed by atoms with E-state index in [-0.39, 0.29) is 32.1 Å². The maximum absolute atomic E-state index is 12.6. The Morgan fingerprint density at radius 2 is 1.12 bits per heavy atom. The number of ether oxygens (including phenoxy) is 2. The van der Waals surface area contributed by atoms with Crippen LogP contribution in [0.2, 0.25) is 0 Å². The number of allylic oxidation sites excluding steroid dienone is 5. The van der Waals surface area contributed by atoms with Gasteiger partial charge in [-0.05, 0) is 51.4 Å². The van der Waals surface area contributed by atoms with Crippen molar-refractivity contribution >= 4 is 25.7 Å². The van der Waals surface area contributed by atoms with Crippen molar-refractivity contribution in [1.29, 1.82) is 0 Å². The van der Waals surface area contributed by atoms with Gasteiger partial charge in [-0.1, -0.05) is 140 Å². The van der Waals surface area contributed by atoms with E-state index in [2.05, 4.69) is 36.6 Å². The predicted molar refractivity (Wildman–Crippen MR) is 220 cm³/mol. The van der Waals surface area contributed by atoms with Crippen molar-refractivity contribution < 1.29 is 57.7 Å². The summed E-state index contributed by atoms with van der Waals surface area (Å²) in [6.45, 7) is 2.47. The molecule has 0 aliphatic heterocycles. The summed E-state index contributed by atoms with van der Waals surface area (Å²) in [6, 6.07) is -1.56. The minimum absolute atomic E-state index is 0.0906. The van der Waals surface area contributed by atoms with Crippen molar-refractivity contribution in [3.8, 4) is 0 Å². The number of hydrogen-bond donors (Lipinski definition) is 5. The van der Waals surface area contributed by atoms with E-state index in [0.717, 1.165) is 44.9 Å². The van der Waals surface area contributed by atoms with E-state index in [1.807, 2.05) is 18.2 Å². The first-order valence-electron chi connectivity index (χ1n) is 21.2. The zero-order chi connectivity index (χ0) is 41.7. The molecule has 0 saturated carbocycles. The van der Waals surface area contributed by atoms with Crippen molar-refractivity contribution in [3.63, 3.8) is 0 Å². The molecule has 0 rings (SSSR count). The van der Waals surface area contributed by atoms with Crippen LogP contribution < -0.4 is 5.73 Å². The summed E-state index contributed by atoms with van der Waals surface area (Å²) in [5.74, 6) is -2.69. The molecule has 0 spiro atoms. The second kappa shape index (κ2) is 36.9. The number of unbranched alkanes of at least 4 members (excludes halogenated alkanes) is 15. The van der Waals surface area contributed by atoms with Crippen LogP contribution in [0.15, 0.2) is 36.5 Å². The van der Waals surface area contributed by atoms with Crippen LogP contribution in [0, 0.1) is 0 Å². The highest BCUT2D eigenvalue weighted by atomic mass is 31.2. The average Bonchev–Trinajstić information content (AvgIpc) is 3.16. The van der Waals surface area contributed by atoms with Gasteiger partial charge < -0.3 is 35.4 Å². The number of carbonyl (C=O) groups is 3. The second-order valence-corrected chi connectivity index (χ2v) is 15.9. The number of aliphatic hydroxyl groups excluding tert-OH is 2. The molecular formula is C42H76NO12P. The normalized spacial score (nSPS) is 15.2. The Kier molecular flexibility index (Phi) is 35.4. The molecule has 6 N–H and O–H groups in total. The number of phosphoric ester groups is 1. The van der Waals surface area contributed by atoms with E-state index in [9.17, 15) is 34.1 Å². The zero-order valence-corrected chi connectivity index (χ0v) is 35.3. The van der Waals surface area contributed by atoms with Crippen LogP contribution in [0.4, 0.5) is 0 Å². The van der Waals surface area contributed by atoms with Crippen molar-refractivity contribution in [3.05, 3.63) is 36.5 Å². The van der Waals surface area contributed by atoms with E-state index >= 15 is 0 Å². The number of nitrogens with two attached hydrogens (primary N) is 1. The first-order valence-corrected chi connectivity index (χ1v) is 22.7. The number of phosphoric acid groups is 1. The van der Waals surface area contributed by atoms with Crippen molar-refractivity contribution in [1.82, 2.24) is 0 Å². The number of hydrogen-bond acceptors (Lipinski definition) is 11. The molecule has 0 aromatic heterocycles. The highest BCUT2D eigenvalue weighted by Crippen LogP contribution is 2.43. The molecule has 0 fully saturated rings. The summed E-state index contributed by atoms with van der Waals surface area (Å²) >= 11 is 0. The molecule has 0 aliphatic carbocycles. The van der Waals surface area contributed by atoms with Gasteiger partial charge in [0, 0.05) is 12.8 Å². The minimum atomic E-state index is -4.78. The SMILES string of the molecule is CCCCC/C=C\C/C=C\C/C=C\CC(O)C(O)CCCC(=O)OC[C@H](COP(=O)(O)OC[C@H](N)C(=O)O)OC(=O)CCCCCCCCCCCCCCC. The number of rotatable bonds is 39. The van der Waals surface area contributed by atoms with Gasteiger partial charge in [-0.25, -0.2) is 4.57 Å². The molecule has 0 aromatic rings. The van der Waals surface area contributed by atoms with E-state index in [1.165, 1.54) is 70.6 Å². The lowest BCUT2D eigenvalue weighted by molar-refractivity contribution is -0.161. The summed E-state index contributed by atoms with van der Waals surface area (Å²) in [6.07, 6.45) is 31.0. The van der Waals surface area contributed by atoms with Gasteiger partial charge in [-0.2, -0.15) is 0 Å². The smallest absolute Gasteiger partial charge is 0.472 e. The summed E-state index contributed by atoms with van der Waals surface area (Å²) in [4.78, 5) is 45.9. The maximum Gasteiger partial charge on any atom is 0.472 e. The Morgan fingerprint density at radius 3 is 1.71 bits per heavy atom. The molecule has 0 heterocycles. The molecule has 0 radical (unpaired) electrons. The topological polar surface area (TPSA) is 212 Å². The van der Waals surface area contributed by atoms with Gasteiger partial charge in [-0.3, -0.25) is 23.4 Å². The molecule has 326 valence electrons. The van der Waals surface area contributed by atoms with Crippen LogP contribution >= 0.6 is 7.82 Å². The third-order valence-electron chi connectivity index (χ3n) is 9.09. The van der Waals surface area contributed by atoms with Crippen molar-refractivity contribution in [2.24, 2.45) is 5.73 Å². The summed E-state index contributed by atoms with van der Waals surface area (Å²) in [5.41, 5.74) is 5.31. The van der Waals surface area contributed by atoms with Gasteiger partial charge >= 0.3 is 25.7 Å². The van der Waals surface area contributed by atoms with Gasteiger partial charge in [-0.15, -0.1) is 0 Å². The first-order chi connectivity index (χ1) is 26.9. The maximum atomic E-state index is 12.6. The Hall–Kier alpha value is -2.38. The number of aliphatic carboxylic acids is 1. The fraction of sp³-hybridized carbons (Fsp3) is 0.786. The van der Waals surface area contributed by atoms with E-state index < -0.39 is 69.9 Å². The molecular weight excluding hydrogens is 741 g/mol. The summed E-state index contributed by atoms with van der Waals surface area (Å²) < 4.78 is 32.5. The highest BCUT2D eigenvalue weighted by Gasteiger charge is 2.28. The van der Waals surface area contributed by atoms with Crippen molar-refractivity contribution in [2.45, 2.75) is 192 Å². The van der Waals surface area contributed by atoms with Crippen LogP contribution in [-0.2, 0) is 37.5 Å². The predicted octanol–water partition coefficient (Wildman–Crippen LogP) is 8.78. The Morgan fingerprint density at radius 1 is 0.625 bits per heavy atom. The van der Waals surface area contributed by atoms with E-state index in [1.54, 1.807) is 0 Å². The molecule has 13 nitrogen and oxygen atoms in total. The van der Waals surface area contributed by atoms with Crippen LogP contribution in [0.1, 0.15) is 168 Å². The molecule has 0 aromatic carbocycles. The van der Waals surface area contributed by atoms with Gasteiger partial charge in [0.2, 0.25) is 0 Å². The van der Waals surface area contributed by atoms with Crippen LogP contribution in [0.3, 0.4) is 0 Å². The quantitative estimate of drug-likeness (QED) is 0.0170. The molecule has 0 saturated heterocycles. The molecule has 0 bridgehead atoms. The second-order valence-electron chi connectivity index (χ2n) is 14.4. The number of aliphatic hydroxyl groups is 2. The first kappa shape index (κ1) is 53.6. The Labute approximate surface area is 337 Å². The Bertz CT molecular complexity index is 1130. The Balaban J connectivity index is 4.62. The largest absolute Gasteiger partial charge is 0.480 e. The zero-order valence-electron chi connectivity index (χ0n) is 34.4. The van der Waals surface area contributed by atoms with Crippen LogP contribution in [0.5, 0.6) is 0 Å². The van der Waals surface area contributed by atoms with Crippen molar-refractivity contribution in [2.75, 3.05) is 19.8 Å².